The van der Waals surface area contributed by atoms with Crippen LogP contribution < -0.4 is 0 Å². The van der Waals surface area contributed by atoms with Gasteiger partial charge in [-0.05, 0) is 75.2 Å². The molecule has 1 aliphatic heterocycles. The van der Waals surface area contributed by atoms with Crippen LogP contribution in [-0.2, 0) is 13.5 Å². The Hall–Kier alpha value is -2.14. The SMILES string of the molecule is Cc1ccccc1CCN1CCC(CN(C(=O)c2ccnn2C)C2CCCC2)CC1. The first kappa shape index (κ1) is 21.1. The van der Waals surface area contributed by atoms with Crippen molar-refractivity contribution in [3.63, 3.8) is 0 Å². The molecule has 0 atom stereocenters. The standard InChI is InChI=1S/C25H36N4O/c1-20-7-3-4-8-22(20)14-18-28-16-12-21(13-17-28)19-29(23-9-5-6-10-23)25(30)24-11-15-26-27(24)2/h3-4,7-8,11,15,21,23H,5-6,9-10,12-14,16-19H2,1-2H3. The Morgan fingerprint density at radius 2 is 1.83 bits per heavy atom. The van der Waals surface area contributed by atoms with Crippen LogP contribution >= 0.6 is 0 Å². The molecule has 2 heterocycles. The van der Waals surface area contributed by atoms with Gasteiger partial charge >= 0.3 is 0 Å². The van der Waals surface area contributed by atoms with Crippen molar-refractivity contribution in [2.75, 3.05) is 26.2 Å². The molecule has 2 fully saturated rings. The molecule has 0 N–H and O–H groups in total. The number of aryl methyl sites for hydroxylation is 2. The number of carbonyl (C=O) groups excluding carboxylic acids is 1. The summed E-state index contributed by atoms with van der Waals surface area (Å²) in [6.07, 6.45) is 10.0. The van der Waals surface area contributed by atoms with Crippen molar-refractivity contribution in [1.29, 1.82) is 0 Å². The number of hydrogen-bond acceptors (Lipinski definition) is 3. The van der Waals surface area contributed by atoms with E-state index in [1.165, 1.54) is 36.8 Å². The zero-order valence-electron chi connectivity index (χ0n) is 18.6. The monoisotopic (exact) mass is 408 g/mol. The molecule has 1 aliphatic carbocycles. The average Bonchev–Trinajstić information content (AvgIpc) is 3.44. The van der Waals surface area contributed by atoms with E-state index in [-0.39, 0.29) is 5.91 Å². The predicted molar refractivity (Wildman–Crippen MR) is 121 cm³/mol. The van der Waals surface area contributed by atoms with E-state index in [4.69, 9.17) is 0 Å². The van der Waals surface area contributed by atoms with Gasteiger partial charge in [0.2, 0.25) is 0 Å². The molecule has 1 aromatic heterocycles. The molecular formula is C25H36N4O. The molecule has 30 heavy (non-hydrogen) atoms. The van der Waals surface area contributed by atoms with Crippen LogP contribution in [-0.4, -0.2) is 57.7 Å². The lowest BCUT2D eigenvalue weighted by Gasteiger charge is -2.37. The third-order valence-electron chi connectivity index (χ3n) is 7.19. The van der Waals surface area contributed by atoms with Crippen molar-refractivity contribution in [2.24, 2.45) is 13.0 Å². The molecule has 5 nitrogen and oxygen atoms in total. The number of nitrogens with zero attached hydrogens (tertiary/aromatic N) is 4. The average molecular weight is 409 g/mol. The number of hydrogen-bond donors (Lipinski definition) is 0. The molecule has 0 bridgehead atoms. The maximum absolute atomic E-state index is 13.3. The van der Waals surface area contributed by atoms with E-state index < -0.39 is 0 Å². The fourth-order valence-corrected chi connectivity index (χ4v) is 5.18. The van der Waals surface area contributed by atoms with Crippen LogP contribution in [0, 0.1) is 12.8 Å². The second-order valence-electron chi connectivity index (χ2n) is 9.20. The number of benzene rings is 1. The van der Waals surface area contributed by atoms with Crippen molar-refractivity contribution < 1.29 is 4.79 Å². The Kier molecular flexibility index (Phi) is 6.88. The fourth-order valence-electron chi connectivity index (χ4n) is 5.18. The van der Waals surface area contributed by atoms with Crippen LogP contribution in [0.5, 0.6) is 0 Å². The summed E-state index contributed by atoms with van der Waals surface area (Å²) in [5.74, 6) is 0.779. The van der Waals surface area contributed by atoms with Gasteiger partial charge in [0.15, 0.2) is 0 Å². The zero-order chi connectivity index (χ0) is 20.9. The van der Waals surface area contributed by atoms with Gasteiger partial charge in [-0.15, -0.1) is 0 Å². The molecule has 2 aliphatic rings. The summed E-state index contributed by atoms with van der Waals surface area (Å²) in [6, 6.07) is 11.0. The molecular weight excluding hydrogens is 372 g/mol. The van der Waals surface area contributed by atoms with E-state index in [0.29, 0.717) is 12.0 Å². The smallest absolute Gasteiger partial charge is 0.272 e. The van der Waals surface area contributed by atoms with Crippen molar-refractivity contribution in [3.05, 3.63) is 53.3 Å². The van der Waals surface area contributed by atoms with Gasteiger partial charge in [0, 0.05) is 32.4 Å². The maximum atomic E-state index is 13.3. The molecule has 4 rings (SSSR count). The molecule has 1 saturated carbocycles. The summed E-state index contributed by atoms with van der Waals surface area (Å²) in [5, 5.41) is 4.22. The second-order valence-corrected chi connectivity index (χ2v) is 9.20. The Morgan fingerprint density at radius 1 is 1.10 bits per heavy atom. The molecule has 1 amide bonds. The zero-order valence-corrected chi connectivity index (χ0v) is 18.6. The van der Waals surface area contributed by atoms with E-state index in [2.05, 4.69) is 46.1 Å². The van der Waals surface area contributed by atoms with Gasteiger partial charge in [0.1, 0.15) is 5.69 Å². The summed E-state index contributed by atoms with van der Waals surface area (Å²) in [6.45, 7) is 6.54. The summed E-state index contributed by atoms with van der Waals surface area (Å²) in [7, 11) is 1.87. The van der Waals surface area contributed by atoms with Crippen LogP contribution in [0.1, 0.15) is 60.1 Å². The van der Waals surface area contributed by atoms with Gasteiger partial charge in [-0.25, -0.2) is 0 Å². The normalized spacial score (nSPS) is 18.7. The third-order valence-corrected chi connectivity index (χ3v) is 7.19. The number of amides is 1. The number of aromatic nitrogens is 2. The number of piperidine rings is 1. The minimum absolute atomic E-state index is 0.170. The van der Waals surface area contributed by atoms with Crippen LogP contribution in [0.15, 0.2) is 36.5 Å². The van der Waals surface area contributed by atoms with Gasteiger partial charge in [-0.3, -0.25) is 9.48 Å². The highest BCUT2D eigenvalue weighted by Crippen LogP contribution is 2.28. The van der Waals surface area contributed by atoms with E-state index in [0.717, 1.165) is 51.1 Å². The minimum atomic E-state index is 0.170. The lowest BCUT2D eigenvalue weighted by molar-refractivity contribution is 0.0588. The highest BCUT2D eigenvalue weighted by molar-refractivity contribution is 5.92. The van der Waals surface area contributed by atoms with Crippen LogP contribution in [0.3, 0.4) is 0 Å². The van der Waals surface area contributed by atoms with Crippen LogP contribution in [0.25, 0.3) is 0 Å². The van der Waals surface area contributed by atoms with Gasteiger partial charge in [-0.1, -0.05) is 37.1 Å². The molecule has 162 valence electrons. The lowest BCUT2D eigenvalue weighted by Crippen LogP contribution is -2.45. The largest absolute Gasteiger partial charge is 0.334 e. The second kappa shape index (κ2) is 9.78. The van der Waals surface area contributed by atoms with E-state index in [9.17, 15) is 4.79 Å². The summed E-state index contributed by atoms with van der Waals surface area (Å²) in [5.41, 5.74) is 3.58. The molecule has 1 aromatic carbocycles. The van der Waals surface area contributed by atoms with Gasteiger partial charge in [-0.2, -0.15) is 5.10 Å². The fraction of sp³-hybridized carbons (Fsp3) is 0.600. The molecule has 0 unspecified atom stereocenters. The predicted octanol–water partition coefficient (Wildman–Crippen LogP) is 4.07. The van der Waals surface area contributed by atoms with Gasteiger partial charge < -0.3 is 9.80 Å². The lowest BCUT2D eigenvalue weighted by atomic mass is 9.94. The minimum Gasteiger partial charge on any atom is -0.334 e. The number of rotatable bonds is 7. The first-order valence-corrected chi connectivity index (χ1v) is 11.7. The van der Waals surface area contributed by atoms with Gasteiger partial charge in [0.25, 0.3) is 5.91 Å². The number of likely N-dealkylation sites (tertiary alicyclic amines) is 1. The quantitative estimate of drug-likeness (QED) is 0.694. The van der Waals surface area contributed by atoms with Crippen LogP contribution in [0.4, 0.5) is 0 Å². The Labute approximate surface area is 181 Å². The topological polar surface area (TPSA) is 41.4 Å². The number of carbonyl (C=O) groups is 1. The molecule has 1 saturated heterocycles. The Morgan fingerprint density at radius 3 is 2.50 bits per heavy atom. The third kappa shape index (κ3) is 4.94. The Bertz CT molecular complexity index is 831. The molecule has 0 radical (unpaired) electrons. The van der Waals surface area contributed by atoms with Crippen molar-refractivity contribution in [3.8, 4) is 0 Å². The summed E-state index contributed by atoms with van der Waals surface area (Å²) < 4.78 is 1.72. The first-order valence-electron chi connectivity index (χ1n) is 11.7. The highest BCUT2D eigenvalue weighted by Gasteiger charge is 2.31. The molecule has 5 heteroatoms. The molecule has 2 aromatic rings. The summed E-state index contributed by atoms with van der Waals surface area (Å²) >= 11 is 0. The summed E-state index contributed by atoms with van der Waals surface area (Å²) in [4.78, 5) is 18.1. The van der Waals surface area contributed by atoms with E-state index in [1.54, 1.807) is 10.9 Å². The Balaban J connectivity index is 1.32. The first-order chi connectivity index (χ1) is 14.6. The van der Waals surface area contributed by atoms with Crippen molar-refractivity contribution in [1.82, 2.24) is 19.6 Å². The van der Waals surface area contributed by atoms with E-state index >= 15 is 0 Å². The highest BCUT2D eigenvalue weighted by atomic mass is 16.2. The van der Waals surface area contributed by atoms with Crippen molar-refractivity contribution in [2.45, 2.75) is 57.9 Å². The van der Waals surface area contributed by atoms with Crippen molar-refractivity contribution >= 4 is 5.91 Å². The maximum Gasteiger partial charge on any atom is 0.272 e. The molecule has 0 spiro atoms. The van der Waals surface area contributed by atoms with Gasteiger partial charge in [0.05, 0.1) is 0 Å². The van der Waals surface area contributed by atoms with Crippen LogP contribution in [0.2, 0.25) is 0 Å². The van der Waals surface area contributed by atoms with E-state index in [1.807, 2.05) is 13.1 Å².